The van der Waals surface area contributed by atoms with E-state index < -0.39 is 108 Å². The number of rotatable bonds is 13. The van der Waals surface area contributed by atoms with Gasteiger partial charge in [0, 0.05) is 42.9 Å². The van der Waals surface area contributed by atoms with Crippen molar-refractivity contribution < 1.29 is 87.5 Å². The summed E-state index contributed by atoms with van der Waals surface area (Å²) < 4.78 is 54.1. The van der Waals surface area contributed by atoms with Crippen LogP contribution >= 0.6 is 0 Å². The summed E-state index contributed by atoms with van der Waals surface area (Å²) in [4.78, 5) is 48.4. The Bertz CT molecular complexity index is 2130. The Balaban J connectivity index is 0.793. The summed E-state index contributed by atoms with van der Waals surface area (Å²) >= 11 is 0. The highest BCUT2D eigenvalue weighted by molar-refractivity contribution is 5.85. The molecule has 21 atom stereocenters. The SMILES string of the molecule is C[C@H]1O[C@@H](O[C@H]2[C@@H](OC(=O)CCC(=O)Oc3ccc([N+](=O)[O-])cc3)C[C@H](O[C@H]3[C@@H](O)C[C@H](O[C@H]4CC[C@@]5(C)[C@H](CC[C@@H]6[C@@H]5C[C@@H](O)[C@]5(C)[C@@H](C7=CC(=O)OC7)CC[C@]65O)C4)O[C@@H]3C)O[C@@H]2C)C[C@H](O)[C@@H]1O. The minimum absolute atomic E-state index is 0.0251. The van der Waals surface area contributed by atoms with Crippen molar-refractivity contribution in [2.24, 2.45) is 34.5 Å². The normalized spacial score (nSPS) is 45.4. The van der Waals surface area contributed by atoms with E-state index in [4.69, 9.17) is 42.6 Å². The van der Waals surface area contributed by atoms with Crippen molar-refractivity contribution in [1.82, 2.24) is 0 Å². The van der Waals surface area contributed by atoms with E-state index in [2.05, 4.69) is 6.92 Å². The van der Waals surface area contributed by atoms with Crippen LogP contribution in [0.15, 0.2) is 35.9 Å². The van der Waals surface area contributed by atoms with Crippen LogP contribution in [-0.2, 0) is 52.3 Å². The third kappa shape index (κ3) is 10.2. The van der Waals surface area contributed by atoms with Crippen LogP contribution < -0.4 is 4.74 Å². The molecule has 0 unspecified atom stereocenters. The number of aliphatic hydroxyl groups is 5. The first-order valence-corrected chi connectivity index (χ1v) is 25.6. The number of ether oxygens (including phenoxy) is 9. The van der Waals surface area contributed by atoms with E-state index in [-0.39, 0.29) is 85.4 Å². The molecule has 4 aliphatic heterocycles. The molecular formula is C51H71NO19. The Morgan fingerprint density at radius 3 is 2.08 bits per heavy atom. The molecule has 7 fully saturated rings. The van der Waals surface area contributed by atoms with Gasteiger partial charge < -0.3 is 68.2 Å². The number of aliphatic hydroxyl groups excluding tert-OH is 4. The average molecular weight is 1000 g/mol. The first-order valence-electron chi connectivity index (χ1n) is 25.6. The van der Waals surface area contributed by atoms with Gasteiger partial charge in [0.25, 0.3) is 5.69 Å². The molecule has 1 aromatic carbocycles. The maximum atomic E-state index is 13.3. The summed E-state index contributed by atoms with van der Waals surface area (Å²) in [5.74, 6) is -1.49. The summed E-state index contributed by atoms with van der Waals surface area (Å²) in [6.45, 7) is 9.62. The lowest BCUT2D eigenvalue weighted by Gasteiger charge is -2.65. The zero-order valence-corrected chi connectivity index (χ0v) is 41.1. The van der Waals surface area contributed by atoms with E-state index >= 15 is 0 Å². The van der Waals surface area contributed by atoms with Crippen molar-refractivity contribution in [3.8, 4) is 5.75 Å². The van der Waals surface area contributed by atoms with Gasteiger partial charge in [-0.1, -0.05) is 13.8 Å². The molecular weight excluding hydrogens is 931 g/mol. The molecule has 4 aliphatic carbocycles. The summed E-state index contributed by atoms with van der Waals surface area (Å²) in [7, 11) is 0. The van der Waals surface area contributed by atoms with E-state index in [1.807, 2.05) is 6.92 Å². The zero-order valence-electron chi connectivity index (χ0n) is 41.1. The van der Waals surface area contributed by atoms with E-state index in [9.17, 15) is 50.0 Å². The third-order valence-corrected chi connectivity index (χ3v) is 18.0. The number of fused-ring (bicyclic) bond motifs is 5. The fourth-order valence-corrected chi connectivity index (χ4v) is 14.1. The fourth-order valence-electron chi connectivity index (χ4n) is 14.1. The molecule has 0 aromatic heterocycles. The summed E-state index contributed by atoms with van der Waals surface area (Å²) in [5.41, 5.74) is -1.26. The summed E-state index contributed by atoms with van der Waals surface area (Å²) in [5, 5.41) is 67.9. The van der Waals surface area contributed by atoms with Gasteiger partial charge in [-0.15, -0.1) is 0 Å². The van der Waals surface area contributed by atoms with Gasteiger partial charge in [-0.05, 0) is 119 Å². The van der Waals surface area contributed by atoms with Gasteiger partial charge >= 0.3 is 17.9 Å². The van der Waals surface area contributed by atoms with E-state index in [1.54, 1.807) is 26.8 Å². The topological polar surface area (TPSA) is 279 Å². The third-order valence-electron chi connectivity index (χ3n) is 18.0. The van der Waals surface area contributed by atoms with Crippen molar-refractivity contribution in [1.29, 1.82) is 0 Å². The van der Waals surface area contributed by atoms with Crippen molar-refractivity contribution >= 4 is 23.6 Å². The Hall–Kier alpha value is -3.67. The number of nitro benzene ring substituents is 1. The number of hydrogen-bond acceptors (Lipinski definition) is 19. The molecule has 0 bridgehead atoms. The van der Waals surface area contributed by atoms with Crippen LogP contribution in [0, 0.1) is 44.6 Å². The highest BCUT2D eigenvalue weighted by atomic mass is 16.7. The molecule has 20 heteroatoms. The van der Waals surface area contributed by atoms with E-state index in [0.29, 0.717) is 25.2 Å². The standard InChI is InChI=1S/C51H71NO19/c1-25-46(59)36(53)21-44(64-25)71-48-27(3)66-45(23-38(48)69-41(57)13-12-40(56)67-31-9-7-30(8-10-31)52(61)62)70-47-26(2)65-43(22-37(47)54)68-32-14-16-49(4)29(19-32)6-11-34-35(49)20-39(55)50(5)33(15-17-51(34,50)60)28-18-42(58)63-24-28/h7-10,18,25-27,29,32-39,43-48,53-55,59-60H,6,11-17,19-24H2,1-5H3/t25-,26-,27-,29-,32+,33-,34-,35+,36+,37+,38+,39-,43+,44+,45+,46-,47-,48-,49+,50+,51+/m1/s1. The number of esters is 3. The molecule has 5 N–H and O–H groups in total. The lowest BCUT2D eigenvalue weighted by molar-refractivity contribution is -0.384. The lowest BCUT2D eigenvalue weighted by atomic mass is 9.42. The highest BCUT2D eigenvalue weighted by Gasteiger charge is 2.71. The Morgan fingerprint density at radius 2 is 1.41 bits per heavy atom. The Morgan fingerprint density at radius 1 is 0.761 bits per heavy atom. The van der Waals surface area contributed by atoms with Crippen molar-refractivity contribution in [2.75, 3.05) is 6.61 Å². The van der Waals surface area contributed by atoms with Crippen LogP contribution in [0.3, 0.4) is 0 Å². The van der Waals surface area contributed by atoms with Crippen LogP contribution in [-0.4, -0.2) is 147 Å². The molecule has 0 amide bonds. The fraction of sp³-hybridized carbons (Fsp3) is 0.784. The number of benzene rings is 1. The number of hydrogen-bond donors (Lipinski definition) is 5. The minimum Gasteiger partial charge on any atom is -0.459 e. The van der Waals surface area contributed by atoms with Gasteiger partial charge in [0.05, 0.1) is 66.1 Å². The molecule has 71 heavy (non-hydrogen) atoms. The lowest BCUT2D eigenvalue weighted by Crippen LogP contribution is -2.67. The molecule has 20 nitrogen and oxygen atoms in total. The molecule has 0 spiro atoms. The second-order valence-electron chi connectivity index (χ2n) is 22.0. The monoisotopic (exact) mass is 1000 g/mol. The maximum Gasteiger partial charge on any atom is 0.331 e. The minimum atomic E-state index is -1.13. The van der Waals surface area contributed by atoms with Crippen molar-refractivity contribution in [3.05, 3.63) is 46.0 Å². The van der Waals surface area contributed by atoms with Gasteiger partial charge in [-0.3, -0.25) is 19.7 Å². The average Bonchev–Trinajstić information content (AvgIpc) is 3.87. The summed E-state index contributed by atoms with van der Waals surface area (Å²) in [6, 6.07) is 4.93. The first kappa shape index (κ1) is 52.2. The number of carbonyl (C=O) groups excluding carboxylic acids is 3. The Labute approximate surface area is 412 Å². The van der Waals surface area contributed by atoms with E-state index in [1.165, 1.54) is 24.3 Å². The highest BCUT2D eigenvalue weighted by Crippen LogP contribution is 2.70. The predicted molar refractivity (Wildman–Crippen MR) is 244 cm³/mol. The van der Waals surface area contributed by atoms with Gasteiger partial charge in [0.2, 0.25) is 0 Å². The smallest absolute Gasteiger partial charge is 0.331 e. The van der Waals surface area contributed by atoms with Gasteiger partial charge in [0.1, 0.15) is 36.8 Å². The largest absolute Gasteiger partial charge is 0.459 e. The molecule has 8 aliphatic rings. The van der Waals surface area contributed by atoms with Crippen molar-refractivity contribution in [2.45, 2.75) is 210 Å². The molecule has 394 valence electrons. The number of nitrogens with zero attached hydrogens (tertiary/aromatic N) is 1. The number of non-ortho nitro benzene ring substituents is 1. The quantitative estimate of drug-likeness (QED) is 0.0612. The van der Waals surface area contributed by atoms with Crippen LogP contribution in [0.25, 0.3) is 0 Å². The molecule has 4 heterocycles. The van der Waals surface area contributed by atoms with Crippen LogP contribution in [0.1, 0.15) is 118 Å². The van der Waals surface area contributed by atoms with Crippen molar-refractivity contribution in [3.63, 3.8) is 0 Å². The number of cyclic esters (lactones) is 1. The second kappa shape index (κ2) is 20.6. The van der Waals surface area contributed by atoms with Gasteiger partial charge in [0.15, 0.2) is 18.9 Å². The summed E-state index contributed by atoms with van der Waals surface area (Å²) in [6.07, 6.45) is -5.01. The molecule has 1 aromatic rings. The molecule has 0 radical (unpaired) electrons. The van der Waals surface area contributed by atoms with E-state index in [0.717, 1.165) is 37.7 Å². The zero-order chi connectivity index (χ0) is 50.7. The number of nitro groups is 1. The van der Waals surface area contributed by atoms with Crippen LogP contribution in [0.4, 0.5) is 5.69 Å². The van der Waals surface area contributed by atoms with Crippen LogP contribution in [0.2, 0.25) is 0 Å². The maximum absolute atomic E-state index is 13.3. The predicted octanol–water partition coefficient (Wildman–Crippen LogP) is 4.06. The second-order valence-corrected chi connectivity index (χ2v) is 22.0. The molecule has 3 saturated heterocycles. The first-order chi connectivity index (χ1) is 33.7. The van der Waals surface area contributed by atoms with Gasteiger partial charge in [-0.2, -0.15) is 0 Å². The molecule has 9 rings (SSSR count). The van der Waals surface area contributed by atoms with Gasteiger partial charge in [-0.25, -0.2) is 4.79 Å². The molecule has 4 saturated carbocycles. The van der Waals surface area contributed by atoms with Crippen LogP contribution in [0.5, 0.6) is 5.75 Å². The number of carbonyl (C=O) groups is 3. The Kier molecular flexibility index (Phi) is 15.1.